The van der Waals surface area contributed by atoms with Crippen LogP contribution in [-0.2, 0) is 17.4 Å². The van der Waals surface area contributed by atoms with Crippen LogP contribution in [0.4, 0.5) is 22.0 Å². The Bertz CT molecular complexity index is 1140. The van der Waals surface area contributed by atoms with E-state index in [1.807, 2.05) is 6.07 Å². The molecule has 2 aromatic rings. The van der Waals surface area contributed by atoms with Gasteiger partial charge in [-0.1, -0.05) is 0 Å². The number of H-pyrrole nitrogens is 1. The summed E-state index contributed by atoms with van der Waals surface area (Å²) in [6.45, 7) is 3.03. The third-order valence-electron chi connectivity index (χ3n) is 5.73. The van der Waals surface area contributed by atoms with Crippen LogP contribution in [0.25, 0.3) is 10.9 Å². The van der Waals surface area contributed by atoms with Crippen molar-refractivity contribution >= 4 is 16.8 Å². The van der Waals surface area contributed by atoms with E-state index in [0.717, 1.165) is 6.07 Å². The van der Waals surface area contributed by atoms with Gasteiger partial charge in [0.05, 0.1) is 24.4 Å². The number of hydrogen-bond acceptors (Lipinski definition) is 4. The second kappa shape index (κ2) is 8.86. The van der Waals surface area contributed by atoms with Gasteiger partial charge < -0.3 is 15.6 Å². The maximum Gasteiger partial charge on any atom is 0.419 e. The molecule has 32 heavy (non-hydrogen) atoms. The number of amides is 1. The number of aryl methyl sites for hydroxylation is 1. The standard InChI is InChI=1S/C21H21F5N4O2/c1-9-12(6-16(31)29-10(2)19-14(23)5-11(7-27)8-28-19)20(32)30-15-4-3-13(22)18(17(9)15)21(24,25)26/h3-4,10-11,14,19,28H,5-6,8H2,1-2H3,(H,29,31)(H,30,32)/t10-,11?,14?,19?/m0/s1. The molecule has 0 radical (unpaired) electrons. The summed E-state index contributed by atoms with van der Waals surface area (Å²) in [6.07, 6.45) is -6.94. The third kappa shape index (κ3) is 4.60. The van der Waals surface area contributed by atoms with Gasteiger partial charge in [0.2, 0.25) is 5.91 Å². The third-order valence-corrected chi connectivity index (χ3v) is 5.73. The summed E-state index contributed by atoms with van der Waals surface area (Å²) in [7, 11) is 0. The van der Waals surface area contributed by atoms with E-state index in [1.54, 1.807) is 6.92 Å². The van der Waals surface area contributed by atoms with Crippen molar-refractivity contribution in [3.63, 3.8) is 0 Å². The molecule has 6 nitrogen and oxygen atoms in total. The van der Waals surface area contributed by atoms with Gasteiger partial charge in [-0.25, -0.2) is 8.78 Å². The number of hydrogen-bond donors (Lipinski definition) is 3. The molecule has 3 unspecified atom stereocenters. The number of carbonyl (C=O) groups excluding carboxylic acids is 1. The lowest BCUT2D eigenvalue weighted by Crippen LogP contribution is -2.57. The Morgan fingerprint density at radius 2 is 2.06 bits per heavy atom. The predicted octanol–water partition coefficient (Wildman–Crippen LogP) is 2.88. The number of nitrogens with zero attached hydrogens (tertiary/aromatic N) is 1. The van der Waals surface area contributed by atoms with Crippen LogP contribution in [0.15, 0.2) is 16.9 Å². The summed E-state index contributed by atoms with van der Waals surface area (Å²) in [5.74, 6) is -2.67. The number of nitriles is 1. The Morgan fingerprint density at radius 1 is 1.38 bits per heavy atom. The normalized spacial score (nSPS) is 22.4. The first-order chi connectivity index (χ1) is 14.9. The zero-order chi connectivity index (χ0) is 23.8. The minimum absolute atomic E-state index is 0.0175. The van der Waals surface area contributed by atoms with Crippen molar-refractivity contribution in [2.24, 2.45) is 5.92 Å². The lowest BCUT2D eigenvalue weighted by atomic mass is 9.90. The number of pyridine rings is 1. The maximum absolute atomic E-state index is 14.3. The smallest absolute Gasteiger partial charge is 0.352 e. The summed E-state index contributed by atoms with van der Waals surface area (Å²) in [5.41, 5.74) is -2.88. The van der Waals surface area contributed by atoms with E-state index in [9.17, 15) is 31.5 Å². The van der Waals surface area contributed by atoms with Gasteiger partial charge in [-0.15, -0.1) is 0 Å². The van der Waals surface area contributed by atoms with Crippen LogP contribution in [0.2, 0.25) is 0 Å². The van der Waals surface area contributed by atoms with Gasteiger partial charge in [0.1, 0.15) is 17.6 Å². The summed E-state index contributed by atoms with van der Waals surface area (Å²) in [6, 6.07) is 2.17. The minimum atomic E-state index is -5.01. The monoisotopic (exact) mass is 456 g/mol. The molecule has 1 aliphatic heterocycles. The fraction of sp³-hybridized carbons (Fsp3) is 0.476. The van der Waals surface area contributed by atoms with Crippen molar-refractivity contribution in [1.82, 2.24) is 15.6 Å². The Morgan fingerprint density at radius 3 is 2.66 bits per heavy atom. The molecule has 1 aliphatic rings. The first kappa shape index (κ1) is 23.7. The van der Waals surface area contributed by atoms with Crippen LogP contribution >= 0.6 is 0 Å². The molecular formula is C21H21F5N4O2. The molecule has 1 amide bonds. The molecule has 1 aromatic carbocycles. The highest BCUT2D eigenvalue weighted by molar-refractivity contribution is 5.89. The highest BCUT2D eigenvalue weighted by Gasteiger charge is 2.38. The van der Waals surface area contributed by atoms with E-state index in [1.165, 1.54) is 6.92 Å². The SMILES string of the molecule is Cc1c(CC(=O)N[C@@H](C)C2NCC(C#N)CC2F)c(=O)[nH]c2ccc(F)c(C(F)(F)F)c12. The molecule has 0 saturated carbocycles. The van der Waals surface area contributed by atoms with E-state index in [0.29, 0.717) is 6.07 Å². The Labute approximate surface area is 179 Å². The van der Waals surface area contributed by atoms with E-state index in [2.05, 4.69) is 15.6 Å². The number of rotatable bonds is 4. The zero-order valence-corrected chi connectivity index (χ0v) is 17.2. The van der Waals surface area contributed by atoms with Crippen LogP contribution in [0.1, 0.15) is 30.0 Å². The highest BCUT2D eigenvalue weighted by Crippen LogP contribution is 2.37. The van der Waals surface area contributed by atoms with Gasteiger partial charge in [-0.3, -0.25) is 9.59 Å². The molecule has 3 rings (SSSR count). The average molecular weight is 456 g/mol. The summed E-state index contributed by atoms with van der Waals surface area (Å²) in [4.78, 5) is 27.2. The number of benzene rings is 1. The number of alkyl halides is 4. The van der Waals surface area contributed by atoms with Gasteiger partial charge >= 0.3 is 6.18 Å². The number of aromatic nitrogens is 1. The van der Waals surface area contributed by atoms with Crippen molar-refractivity contribution < 1.29 is 26.7 Å². The predicted molar refractivity (Wildman–Crippen MR) is 106 cm³/mol. The lowest BCUT2D eigenvalue weighted by molar-refractivity contribution is -0.138. The highest BCUT2D eigenvalue weighted by atomic mass is 19.4. The molecule has 0 bridgehead atoms. The summed E-state index contributed by atoms with van der Waals surface area (Å²) < 4.78 is 68.7. The van der Waals surface area contributed by atoms with Crippen LogP contribution in [0, 0.1) is 30.0 Å². The fourth-order valence-electron chi connectivity index (χ4n) is 4.13. The first-order valence-corrected chi connectivity index (χ1v) is 9.91. The number of fused-ring (bicyclic) bond motifs is 1. The van der Waals surface area contributed by atoms with Gasteiger partial charge in [0.15, 0.2) is 0 Å². The molecule has 1 aromatic heterocycles. The molecule has 3 N–H and O–H groups in total. The van der Waals surface area contributed by atoms with Gasteiger partial charge in [0, 0.05) is 29.1 Å². The number of nitrogens with one attached hydrogen (secondary N) is 3. The molecule has 2 heterocycles. The fourth-order valence-corrected chi connectivity index (χ4v) is 4.13. The molecular weight excluding hydrogens is 435 g/mol. The number of carbonyl (C=O) groups is 1. The number of aromatic amines is 1. The van der Waals surface area contributed by atoms with Crippen molar-refractivity contribution in [3.8, 4) is 6.07 Å². The Kier molecular flexibility index (Phi) is 6.55. The minimum Gasteiger partial charge on any atom is -0.352 e. The molecule has 11 heteroatoms. The maximum atomic E-state index is 14.3. The second-order valence-corrected chi connectivity index (χ2v) is 7.95. The van der Waals surface area contributed by atoms with Crippen LogP contribution in [0.5, 0.6) is 0 Å². The molecule has 1 fully saturated rings. The van der Waals surface area contributed by atoms with E-state index in [4.69, 9.17) is 5.26 Å². The van der Waals surface area contributed by atoms with Crippen molar-refractivity contribution in [1.29, 1.82) is 5.26 Å². The van der Waals surface area contributed by atoms with E-state index >= 15 is 0 Å². The number of piperidine rings is 1. The first-order valence-electron chi connectivity index (χ1n) is 9.91. The van der Waals surface area contributed by atoms with Crippen LogP contribution in [-0.4, -0.2) is 35.7 Å². The van der Waals surface area contributed by atoms with Crippen molar-refractivity contribution in [3.05, 3.63) is 45.0 Å². The number of halogens is 5. The molecule has 0 aliphatic carbocycles. The average Bonchev–Trinajstić information content (AvgIpc) is 2.70. The van der Waals surface area contributed by atoms with Crippen molar-refractivity contribution in [2.75, 3.05) is 6.54 Å². The Hall–Kier alpha value is -3.00. The Balaban J connectivity index is 1.87. The summed E-state index contributed by atoms with van der Waals surface area (Å²) in [5, 5.41) is 13.8. The molecule has 4 atom stereocenters. The molecule has 172 valence electrons. The van der Waals surface area contributed by atoms with E-state index in [-0.39, 0.29) is 29.6 Å². The topological polar surface area (TPSA) is 97.8 Å². The van der Waals surface area contributed by atoms with E-state index < -0.39 is 65.0 Å². The van der Waals surface area contributed by atoms with Crippen LogP contribution < -0.4 is 16.2 Å². The van der Waals surface area contributed by atoms with Gasteiger partial charge in [0.25, 0.3) is 5.56 Å². The lowest BCUT2D eigenvalue weighted by Gasteiger charge is -2.34. The summed E-state index contributed by atoms with van der Waals surface area (Å²) >= 11 is 0. The van der Waals surface area contributed by atoms with Crippen molar-refractivity contribution in [2.45, 2.75) is 51.1 Å². The second-order valence-electron chi connectivity index (χ2n) is 7.95. The zero-order valence-electron chi connectivity index (χ0n) is 17.2. The van der Waals surface area contributed by atoms with Crippen LogP contribution in [0.3, 0.4) is 0 Å². The largest absolute Gasteiger partial charge is 0.419 e. The quantitative estimate of drug-likeness (QED) is 0.617. The van der Waals surface area contributed by atoms with Gasteiger partial charge in [-0.2, -0.15) is 18.4 Å². The molecule has 1 saturated heterocycles. The van der Waals surface area contributed by atoms with Gasteiger partial charge in [-0.05, 0) is 38.0 Å². The molecule has 0 spiro atoms.